The first-order valence-electron chi connectivity index (χ1n) is 4.49. The molecule has 0 aromatic carbocycles. The van der Waals surface area contributed by atoms with Gasteiger partial charge in [0, 0.05) is 0 Å². The van der Waals surface area contributed by atoms with Crippen molar-refractivity contribution in [1.82, 2.24) is 0 Å². The lowest BCUT2D eigenvalue weighted by atomic mass is 9.78. The third-order valence-corrected chi connectivity index (χ3v) is 2.73. The summed E-state index contributed by atoms with van der Waals surface area (Å²) in [6.45, 7) is 4.21. The van der Waals surface area contributed by atoms with E-state index >= 15 is 0 Å². The van der Waals surface area contributed by atoms with Gasteiger partial charge in [-0.3, -0.25) is 0 Å². The van der Waals surface area contributed by atoms with Gasteiger partial charge in [0.15, 0.2) is 0 Å². The molecule has 0 aromatic heterocycles. The van der Waals surface area contributed by atoms with E-state index in [-0.39, 0.29) is 0 Å². The van der Waals surface area contributed by atoms with E-state index < -0.39 is 12.2 Å². The van der Waals surface area contributed by atoms with Gasteiger partial charge in [0.1, 0.15) is 0 Å². The summed E-state index contributed by atoms with van der Waals surface area (Å²) in [6, 6.07) is 0. The number of hydrogen-bond donors (Lipinski definition) is 2. The Morgan fingerprint density at radius 3 is 2.27 bits per heavy atom. The molecule has 0 radical (unpaired) electrons. The molecular weight excluding hydrogens is 140 g/mol. The summed E-state index contributed by atoms with van der Waals surface area (Å²) < 4.78 is 0. The zero-order valence-electron chi connectivity index (χ0n) is 7.33. The lowest BCUT2D eigenvalue weighted by Gasteiger charge is -2.34. The molecule has 0 unspecified atom stereocenters. The number of rotatable bonds is 1. The normalized spacial score (nSPS) is 39.5. The molecule has 1 rings (SSSR count). The van der Waals surface area contributed by atoms with Crippen molar-refractivity contribution in [1.29, 1.82) is 0 Å². The first-order valence-corrected chi connectivity index (χ1v) is 4.49. The Morgan fingerprint density at radius 1 is 1.18 bits per heavy atom. The largest absolute Gasteiger partial charge is 0.390 e. The van der Waals surface area contributed by atoms with Gasteiger partial charge in [-0.15, -0.1) is 0 Å². The minimum absolute atomic E-state index is 0.304. The van der Waals surface area contributed by atoms with Crippen LogP contribution in [0.25, 0.3) is 0 Å². The molecule has 1 saturated carbocycles. The number of hydrogen-bond acceptors (Lipinski definition) is 2. The molecule has 11 heavy (non-hydrogen) atoms. The SMILES string of the molecule is CC(C)[C@@H]1CCC[C@@H](O)[C@H]1O. The quantitative estimate of drug-likeness (QED) is 0.601. The van der Waals surface area contributed by atoms with Crippen LogP contribution < -0.4 is 0 Å². The Balaban J connectivity index is 2.51. The van der Waals surface area contributed by atoms with Crippen molar-refractivity contribution in [2.75, 3.05) is 0 Å². The average molecular weight is 158 g/mol. The second-order valence-corrected chi connectivity index (χ2v) is 3.90. The van der Waals surface area contributed by atoms with E-state index in [0.29, 0.717) is 11.8 Å². The monoisotopic (exact) mass is 158 g/mol. The summed E-state index contributed by atoms with van der Waals surface area (Å²) in [6.07, 6.45) is 1.93. The third-order valence-electron chi connectivity index (χ3n) is 2.73. The van der Waals surface area contributed by atoms with Gasteiger partial charge >= 0.3 is 0 Å². The molecular formula is C9H18O2. The predicted octanol–water partition coefficient (Wildman–Crippen LogP) is 1.16. The highest BCUT2D eigenvalue weighted by Crippen LogP contribution is 2.30. The summed E-state index contributed by atoms with van der Waals surface area (Å²) in [4.78, 5) is 0. The molecule has 0 amide bonds. The highest BCUT2D eigenvalue weighted by Gasteiger charge is 2.31. The maximum atomic E-state index is 9.56. The molecule has 0 aliphatic heterocycles. The first kappa shape index (κ1) is 9.01. The van der Waals surface area contributed by atoms with Crippen LogP contribution in [0.5, 0.6) is 0 Å². The Bertz CT molecular complexity index is 123. The van der Waals surface area contributed by atoms with E-state index in [4.69, 9.17) is 0 Å². The molecule has 2 N–H and O–H groups in total. The maximum absolute atomic E-state index is 9.56. The highest BCUT2D eigenvalue weighted by molar-refractivity contribution is 4.82. The average Bonchev–Trinajstić information content (AvgIpc) is 1.94. The van der Waals surface area contributed by atoms with Crippen molar-refractivity contribution < 1.29 is 10.2 Å². The van der Waals surface area contributed by atoms with E-state index in [0.717, 1.165) is 19.3 Å². The van der Waals surface area contributed by atoms with Gasteiger partial charge in [-0.05, 0) is 24.7 Å². The van der Waals surface area contributed by atoms with Crippen LogP contribution in [-0.4, -0.2) is 22.4 Å². The van der Waals surface area contributed by atoms with Crippen LogP contribution in [0.2, 0.25) is 0 Å². The van der Waals surface area contributed by atoms with Gasteiger partial charge < -0.3 is 10.2 Å². The molecule has 0 bridgehead atoms. The van der Waals surface area contributed by atoms with Gasteiger partial charge in [0.05, 0.1) is 12.2 Å². The minimum Gasteiger partial charge on any atom is -0.390 e. The summed E-state index contributed by atoms with van der Waals surface area (Å²) in [5, 5.41) is 18.9. The number of aliphatic hydroxyl groups is 2. The standard InChI is InChI=1S/C9H18O2/c1-6(2)7-4-3-5-8(10)9(7)11/h6-11H,3-5H2,1-2H3/t7-,8+,9-/m0/s1. The van der Waals surface area contributed by atoms with Gasteiger partial charge in [-0.1, -0.05) is 20.3 Å². The summed E-state index contributed by atoms with van der Waals surface area (Å²) in [5.41, 5.74) is 0. The van der Waals surface area contributed by atoms with Gasteiger partial charge in [-0.2, -0.15) is 0 Å². The van der Waals surface area contributed by atoms with E-state index in [9.17, 15) is 10.2 Å². The fraction of sp³-hybridized carbons (Fsp3) is 1.00. The molecule has 1 fully saturated rings. The molecule has 0 spiro atoms. The van der Waals surface area contributed by atoms with Gasteiger partial charge in [-0.25, -0.2) is 0 Å². The summed E-state index contributed by atoms with van der Waals surface area (Å²) in [5.74, 6) is 0.790. The first-order chi connectivity index (χ1) is 5.13. The van der Waals surface area contributed by atoms with E-state index in [1.807, 2.05) is 0 Å². The Labute approximate surface area is 68.2 Å². The highest BCUT2D eigenvalue weighted by atomic mass is 16.3. The Kier molecular flexibility index (Phi) is 2.90. The molecule has 0 heterocycles. The van der Waals surface area contributed by atoms with Crippen molar-refractivity contribution in [2.24, 2.45) is 11.8 Å². The van der Waals surface area contributed by atoms with Crippen molar-refractivity contribution >= 4 is 0 Å². The summed E-state index contributed by atoms with van der Waals surface area (Å²) >= 11 is 0. The fourth-order valence-corrected chi connectivity index (χ4v) is 1.92. The third kappa shape index (κ3) is 1.94. The van der Waals surface area contributed by atoms with Crippen LogP contribution in [0, 0.1) is 11.8 Å². The molecule has 2 heteroatoms. The summed E-state index contributed by atoms with van der Waals surface area (Å²) in [7, 11) is 0. The smallest absolute Gasteiger partial charge is 0.0829 e. The topological polar surface area (TPSA) is 40.5 Å². The van der Waals surface area contributed by atoms with Crippen molar-refractivity contribution in [3.05, 3.63) is 0 Å². The molecule has 1 aliphatic carbocycles. The predicted molar refractivity (Wildman–Crippen MR) is 44.2 cm³/mol. The zero-order valence-corrected chi connectivity index (χ0v) is 7.33. The van der Waals surface area contributed by atoms with Crippen LogP contribution in [-0.2, 0) is 0 Å². The minimum atomic E-state index is -0.483. The van der Waals surface area contributed by atoms with Crippen molar-refractivity contribution in [3.8, 4) is 0 Å². The lowest BCUT2D eigenvalue weighted by Crippen LogP contribution is -2.39. The molecule has 1 aliphatic rings. The fourth-order valence-electron chi connectivity index (χ4n) is 1.92. The zero-order chi connectivity index (χ0) is 8.43. The van der Waals surface area contributed by atoms with Crippen LogP contribution >= 0.6 is 0 Å². The van der Waals surface area contributed by atoms with E-state index in [1.165, 1.54) is 0 Å². The Hall–Kier alpha value is -0.0800. The second kappa shape index (κ2) is 3.55. The van der Waals surface area contributed by atoms with Crippen molar-refractivity contribution in [3.63, 3.8) is 0 Å². The number of aliphatic hydroxyl groups excluding tert-OH is 2. The Morgan fingerprint density at radius 2 is 1.82 bits per heavy atom. The van der Waals surface area contributed by atoms with Crippen LogP contribution in [0.4, 0.5) is 0 Å². The maximum Gasteiger partial charge on any atom is 0.0829 e. The lowest BCUT2D eigenvalue weighted by molar-refractivity contribution is -0.0573. The second-order valence-electron chi connectivity index (χ2n) is 3.90. The van der Waals surface area contributed by atoms with E-state index in [2.05, 4.69) is 13.8 Å². The van der Waals surface area contributed by atoms with Gasteiger partial charge in [0.2, 0.25) is 0 Å². The van der Waals surface area contributed by atoms with Crippen LogP contribution in [0.15, 0.2) is 0 Å². The molecule has 0 saturated heterocycles. The van der Waals surface area contributed by atoms with Crippen LogP contribution in [0.3, 0.4) is 0 Å². The van der Waals surface area contributed by atoms with Crippen molar-refractivity contribution in [2.45, 2.75) is 45.3 Å². The van der Waals surface area contributed by atoms with E-state index in [1.54, 1.807) is 0 Å². The molecule has 0 aromatic rings. The molecule has 3 atom stereocenters. The van der Waals surface area contributed by atoms with Gasteiger partial charge in [0.25, 0.3) is 0 Å². The molecule has 2 nitrogen and oxygen atoms in total. The molecule has 66 valence electrons. The van der Waals surface area contributed by atoms with Crippen LogP contribution in [0.1, 0.15) is 33.1 Å².